The molecule has 25 rings (SSSR count). The Labute approximate surface area is 719 Å². The second kappa shape index (κ2) is 31.6. The molecule has 0 atom stereocenters. The summed E-state index contributed by atoms with van der Waals surface area (Å²) in [5, 5.41) is 12.8. The van der Waals surface area contributed by atoms with E-state index in [9.17, 15) is 0 Å². The number of benzene rings is 18. The van der Waals surface area contributed by atoms with Crippen molar-refractivity contribution in [2.75, 3.05) is 0 Å². The van der Waals surface area contributed by atoms with Gasteiger partial charge in [0.25, 0.3) is 0 Å². The van der Waals surface area contributed by atoms with Crippen LogP contribution in [0.5, 0.6) is 0 Å². The van der Waals surface area contributed by atoms with Crippen molar-refractivity contribution in [1.82, 2.24) is 59.8 Å². The van der Waals surface area contributed by atoms with Crippen LogP contribution in [0.3, 0.4) is 0 Å². The lowest BCUT2D eigenvalue weighted by Gasteiger charge is -2.09. The number of hydrogen-bond acceptors (Lipinski definition) is 16. The Balaban J connectivity index is 0.000000109. The van der Waals surface area contributed by atoms with Gasteiger partial charge < -0.3 is 17.7 Å². The van der Waals surface area contributed by atoms with Crippen LogP contribution in [-0.4, -0.2) is 59.8 Å². The molecule has 0 fully saturated rings. The molecular formula is C110H66N12O4. The number of furan rings is 1. The molecule has 0 spiro atoms. The minimum atomic E-state index is 0.527. The Bertz CT molecular complexity index is 8300. The molecule has 0 saturated heterocycles. The minimum Gasteiger partial charge on any atom is -0.455 e. The second-order valence-corrected chi connectivity index (χ2v) is 30.6. The van der Waals surface area contributed by atoms with Gasteiger partial charge in [0.15, 0.2) is 69.2 Å². The average Bonchev–Trinajstić information content (AvgIpc) is 1.59. The highest BCUT2D eigenvalue weighted by Gasteiger charge is 2.23. The lowest BCUT2D eigenvalue weighted by atomic mass is 10.0. The highest BCUT2D eigenvalue weighted by Crippen LogP contribution is 2.42. The molecule has 0 radical (unpaired) electrons. The van der Waals surface area contributed by atoms with E-state index in [4.69, 9.17) is 77.5 Å². The van der Waals surface area contributed by atoms with Crippen molar-refractivity contribution in [2.45, 2.75) is 0 Å². The number of para-hydroxylation sites is 2. The third-order valence-corrected chi connectivity index (χ3v) is 22.6. The summed E-state index contributed by atoms with van der Waals surface area (Å²) in [6.45, 7) is 0. The molecule has 0 aliphatic heterocycles. The second-order valence-electron chi connectivity index (χ2n) is 30.6. The van der Waals surface area contributed by atoms with Gasteiger partial charge in [-0.1, -0.05) is 334 Å². The van der Waals surface area contributed by atoms with E-state index in [0.29, 0.717) is 75.7 Å². The monoisotopic (exact) mass is 1620 g/mol. The van der Waals surface area contributed by atoms with Crippen LogP contribution >= 0.6 is 0 Å². The van der Waals surface area contributed by atoms with Crippen LogP contribution in [0, 0.1) is 0 Å². The predicted molar refractivity (Wildman–Crippen MR) is 502 cm³/mol. The first-order valence-corrected chi connectivity index (χ1v) is 41.4. The van der Waals surface area contributed by atoms with Crippen LogP contribution in [0.15, 0.2) is 418 Å². The van der Waals surface area contributed by atoms with Crippen LogP contribution in [0.4, 0.5) is 0 Å². The molecule has 16 heteroatoms. The molecular weight excluding hydrogens is 1550 g/mol. The van der Waals surface area contributed by atoms with Gasteiger partial charge in [-0.05, 0) is 104 Å². The van der Waals surface area contributed by atoms with Crippen molar-refractivity contribution in [3.63, 3.8) is 0 Å². The van der Waals surface area contributed by atoms with Gasteiger partial charge in [-0.2, -0.15) is 0 Å². The molecule has 0 unspecified atom stereocenters. The number of rotatable bonds is 12. The smallest absolute Gasteiger partial charge is 0.231 e. The van der Waals surface area contributed by atoms with Gasteiger partial charge >= 0.3 is 0 Å². The summed E-state index contributed by atoms with van der Waals surface area (Å²) >= 11 is 0. The van der Waals surface area contributed by atoms with E-state index in [0.717, 1.165) is 165 Å². The summed E-state index contributed by atoms with van der Waals surface area (Å²) in [5.41, 5.74) is 17.4. The van der Waals surface area contributed by atoms with Crippen molar-refractivity contribution in [1.29, 1.82) is 0 Å². The summed E-state index contributed by atoms with van der Waals surface area (Å²) in [6, 6.07) is 134. The summed E-state index contributed by atoms with van der Waals surface area (Å²) in [4.78, 5) is 58.6. The SMILES string of the molecule is c1ccc(-c2nc(-c3ccccc3)nc(-c3ccc4c(ccc5oc(-c6ccc7ccccc7c6)nc54)c3)n2)cc1.c1ccc(-c2nc(-c3ccccc3)nc(-c3ccc4c(ccc5oc(-c6cccc7c6oc6ccccc67)nc54)c3)n2)cc1.c1ccc(-c2nc(-c3ccccc3)nc(-c3ccc4c(ccc5oc(-c6cccc7ccccc67)nc54)c3)n2)cc1. The summed E-state index contributed by atoms with van der Waals surface area (Å²) in [7, 11) is 0. The Morgan fingerprint density at radius 3 is 0.865 bits per heavy atom. The molecule has 18 aromatic carbocycles. The number of oxazole rings is 3. The normalized spacial score (nSPS) is 11.5. The molecule has 16 nitrogen and oxygen atoms in total. The van der Waals surface area contributed by atoms with Crippen LogP contribution in [0.25, 0.3) is 246 Å². The number of nitrogens with zero attached hydrogens (tertiary/aromatic N) is 12. The third-order valence-electron chi connectivity index (χ3n) is 22.6. The van der Waals surface area contributed by atoms with Gasteiger partial charge in [0.05, 0.1) is 5.56 Å². The zero-order valence-electron chi connectivity index (χ0n) is 67.1. The predicted octanol–water partition coefficient (Wildman–Crippen LogP) is 27.7. The van der Waals surface area contributed by atoms with Gasteiger partial charge in [-0.3, -0.25) is 0 Å². The van der Waals surface area contributed by atoms with Gasteiger partial charge in [0.2, 0.25) is 17.7 Å². The zero-order chi connectivity index (χ0) is 83.4. The van der Waals surface area contributed by atoms with Crippen molar-refractivity contribution in [2.24, 2.45) is 0 Å². The molecule has 0 saturated carbocycles. The molecule has 0 aliphatic carbocycles. The molecule has 0 bridgehead atoms. The zero-order valence-corrected chi connectivity index (χ0v) is 67.1. The first-order chi connectivity index (χ1) is 62.4. The fourth-order valence-electron chi connectivity index (χ4n) is 16.4. The van der Waals surface area contributed by atoms with Gasteiger partial charge in [-0.25, -0.2) is 59.8 Å². The fourth-order valence-corrected chi connectivity index (χ4v) is 16.4. The van der Waals surface area contributed by atoms with Crippen LogP contribution in [0.1, 0.15) is 0 Å². The first-order valence-electron chi connectivity index (χ1n) is 41.4. The molecule has 0 aliphatic rings. The number of aromatic nitrogens is 12. The van der Waals surface area contributed by atoms with E-state index in [2.05, 4.69) is 121 Å². The first kappa shape index (κ1) is 73.6. The van der Waals surface area contributed by atoms with Crippen molar-refractivity contribution < 1.29 is 17.7 Å². The quantitative estimate of drug-likeness (QED) is 0.111. The maximum absolute atomic E-state index is 6.31. The van der Waals surface area contributed by atoms with E-state index in [1.807, 2.05) is 279 Å². The Morgan fingerprint density at radius 2 is 0.437 bits per heavy atom. The standard InChI is InChI=1S/C38H22N4O2.2C36H22N4O/c1-3-10-23(11-4-1)35-40-36(24-12-5-2-6-13-24)42-37(41-35)26-18-20-27-25(22-26)19-21-32-33(27)39-38(44-32)30-16-9-15-29-28-14-7-8-17-31(28)43-34(29)30;1-3-11-24(12-4-1)33-38-34(25-13-5-2-6-14-25)40-35(39-33)27-18-20-29-26(22-27)19-21-31-32(29)37-36(41-31)30-17-9-15-23-10-7-8-16-28(23)30;1-3-10-24(11-4-1)33-38-34(25-12-5-2-6-13-25)40-35(39-33)28-17-19-30-27(22-28)18-20-31-32(30)37-36(41-31)29-16-15-23-9-7-8-14-26(23)21-29/h1-22H;2*1-22H. The molecule has 590 valence electrons. The van der Waals surface area contributed by atoms with E-state index in [1.54, 1.807) is 0 Å². The summed E-state index contributed by atoms with van der Waals surface area (Å²) in [6.07, 6.45) is 0. The maximum atomic E-state index is 6.31. The third kappa shape index (κ3) is 14.0. The average molecular weight is 1620 g/mol. The highest BCUT2D eigenvalue weighted by molar-refractivity contribution is 6.11. The van der Waals surface area contributed by atoms with Crippen molar-refractivity contribution >= 4 is 109 Å². The Morgan fingerprint density at radius 1 is 0.143 bits per heavy atom. The van der Waals surface area contributed by atoms with Crippen molar-refractivity contribution in [3.8, 4) is 137 Å². The van der Waals surface area contributed by atoms with Gasteiger partial charge in [0, 0.05) is 88.1 Å². The molecule has 7 aromatic heterocycles. The maximum Gasteiger partial charge on any atom is 0.231 e. The summed E-state index contributed by atoms with van der Waals surface area (Å²) < 4.78 is 25.0. The Kier molecular flexibility index (Phi) is 18.5. The molecule has 0 N–H and O–H groups in total. The molecule has 126 heavy (non-hydrogen) atoms. The highest BCUT2D eigenvalue weighted by atomic mass is 16.4. The minimum absolute atomic E-state index is 0.527. The van der Waals surface area contributed by atoms with Gasteiger partial charge in [-0.15, -0.1) is 0 Å². The number of fused-ring (bicyclic) bond motifs is 14. The van der Waals surface area contributed by atoms with Crippen LogP contribution in [0.2, 0.25) is 0 Å². The fraction of sp³-hybridized carbons (Fsp3) is 0. The summed E-state index contributed by atoms with van der Waals surface area (Å²) in [5.74, 6) is 7.43. The topological polar surface area (TPSA) is 207 Å². The number of hydrogen-bond donors (Lipinski definition) is 0. The van der Waals surface area contributed by atoms with Crippen LogP contribution < -0.4 is 0 Å². The lowest BCUT2D eigenvalue weighted by molar-refractivity contribution is 0.615. The van der Waals surface area contributed by atoms with E-state index in [-0.39, 0.29) is 0 Å². The van der Waals surface area contributed by atoms with E-state index in [1.165, 1.54) is 5.39 Å². The Hall–Kier alpha value is -17.5. The van der Waals surface area contributed by atoms with Crippen LogP contribution in [-0.2, 0) is 0 Å². The van der Waals surface area contributed by atoms with Gasteiger partial charge in [0.1, 0.15) is 27.7 Å². The van der Waals surface area contributed by atoms with Crippen molar-refractivity contribution in [3.05, 3.63) is 400 Å². The van der Waals surface area contributed by atoms with E-state index >= 15 is 0 Å². The molecule has 25 aromatic rings. The largest absolute Gasteiger partial charge is 0.455 e. The molecule has 7 heterocycles. The molecule has 0 amide bonds. The van der Waals surface area contributed by atoms with E-state index < -0.39 is 0 Å². The lowest BCUT2D eigenvalue weighted by Crippen LogP contribution is -2.00.